The molecular formula is C10H9N3. The lowest BCUT2D eigenvalue weighted by Crippen LogP contribution is -2.01. The fraction of sp³-hybridized carbons (Fsp3) is 0. The summed E-state index contributed by atoms with van der Waals surface area (Å²) >= 11 is 0. The van der Waals surface area contributed by atoms with Crippen LogP contribution in [0.4, 0.5) is 0 Å². The van der Waals surface area contributed by atoms with E-state index in [-0.39, 0.29) is 0 Å². The molecule has 3 nitrogen and oxygen atoms in total. The van der Waals surface area contributed by atoms with Gasteiger partial charge in [0.15, 0.2) is 0 Å². The van der Waals surface area contributed by atoms with Crippen molar-refractivity contribution in [3.8, 4) is 0 Å². The van der Waals surface area contributed by atoms with E-state index in [0.29, 0.717) is 11.4 Å². The van der Waals surface area contributed by atoms with Crippen LogP contribution in [-0.4, -0.2) is 15.9 Å². The Kier molecular flexibility index (Phi) is 1.92. The molecule has 0 amide bonds. The molecule has 0 bridgehead atoms. The number of H-pyrrole nitrogens is 1. The summed E-state index contributed by atoms with van der Waals surface area (Å²) in [5.74, 6) is 0. The Morgan fingerprint density at radius 1 is 1.15 bits per heavy atom. The summed E-state index contributed by atoms with van der Waals surface area (Å²) in [4.78, 5) is 0. The summed E-state index contributed by atoms with van der Waals surface area (Å²) in [5.41, 5.74) is 2.00. The Hall–Kier alpha value is -1.90. The molecule has 0 aliphatic carbocycles. The van der Waals surface area contributed by atoms with Gasteiger partial charge in [-0.1, -0.05) is 30.3 Å². The lowest BCUT2D eigenvalue weighted by atomic mass is 10.1. The van der Waals surface area contributed by atoms with Gasteiger partial charge >= 0.3 is 0 Å². The summed E-state index contributed by atoms with van der Waals surface area (Å²) < 4.78 is 0. The molecule has 3 heteroatoms. The molecule has 0 fully saturated rings. The van der Waals surface area contributed by atoms with E-state index in [2.05, 4.69) is 10.2 Å². The predicted octanol–water partition coefficient (Wildman–Crippen LogP) is 1.83. The van der Waals surface area contributed by atoms with Crippen molar-refractivity contribution in [2.24, 2.45) is 0 Å². The number of benzene rings is 1. The van der Waals surface area contributed by atoms with E-state index < -0.39 is 0 Å². The van der Waals surface area contributed by atoms with E-state index in [1.54, 1.807) is 12.3 Å². The van der Waals surface area contributed by atoms with Gasteiger partial charge in [-0.15, -0.1) is 0 Å². The van der Waals surface area contributed by atoms with E-state index in [0.717, 1.165) is 5.56 Å². The lowest BCUT2D eigenvalue weighted by Gasteiger charge is -1.98. The Morgan fingerprint density at radius 3 is 2.54 bits per heavy atom. The molecular weight excluding hydrogens is 162 g/mol. The quantitative estimate of drug-likeness (QED) is 0.665. The smallest absolute Gasteiger partial charge is 0.110 e. The molecule has 2 aromatic rings. The second-order valence-corrected chi connectivity index (χ2v) is 2.70. The minimum Gasteiger partial charge on any atom is -0.298 e. The van der Waals surface area contributed by atoms with Crippen LogP contribution in [0, 0.1) is 5.41 Å². The highest BCUT2D eigenvalue weighted by Crippen LogP contribution is 2.05. The van der Waals surface area contributed by atoms with Crippen LogP contribution in [0.2, 0.25) is 0 Å². The first kappa shape index (κ1) is 7.73. The fourth-order valence-electron chi connectivity index (χ4n) is 1.15. The Bertz CT molecular complexity index is 389. The molecule has 0 aliphatic heterocycles. The van der Waals surface area contributed by atoms with Crippen molar-refractivity contribution >= 4 is 5.71 Å². The Labute approximate surface area is 75.9 Å². The number of aromatic amines is 1. The normalized spacial score (nSPS) is 9.85. The van der Waals surface area contributed by atoms with Crippen LogP contribution in [0.5, 0.6) is 0 Å². The third-order valence-corrected chi connectivity index (χ3v) is 1.82. The Morgan fingerprint density at radius 2 is 1.92 bits per heavy atom. The first-order chi connectivity index (χ1) is 6.38. The van der Waals surface area contributed by atoms with Crippen molar-refractivity contribution in [1.82, 2.24) is 10.2 Å². The van der Waals surface area contributed by atoms with E-state index in [1.807, 2.05) is 30.3 Å². The molecule has 2 N–H and O–H groups in total. The molecule has 64 valence electrons. The molecule has 0 atom stereocenters. The van der Waals surface area contributed by atoms with Gasteiger partial charge < -0.3 is 0 Å². The van der Waals surface area contributed by atoms with E-state index in [1.165, 1.54) is 0 Å². The highest BCUT2D eigenvalue weighted by molar-refractivity contribution is 6.09. The van der Waals surface area contributed by atoms with Gasteiger partial charge in [-0.3, -0.25) is 10.5 Å². The zero-order chi connectivity index (χ0) is 9.10. The number of hydrogen-bond acceptors (Lipinski definition) is 2. The minimum atomic E-state index is 0.446. The van der Waals surface area contributed by atoms with Crippen molar-refractivity contribution in [2.75, 3.05) is 0 Å². The molecule has 0 saturated carbocycles. The maximum Gasteiger partial charge on any atom is 0.110 e. The predicted molar refractivity (Wildman–Crippen MR) is 51.0 cm³/mol. The van der Waals surface area contributed by atoms with Crippen LogP contribution in [0.15, 0.2) is 42.6 Å². The first-order valence-electron chi connectivity index (χ1n) is 4.02. The van der Waals surface area contributed by atoms with Gasteiger partial charge in [0.2, 0.25) is 0 Å². The van der Waals surface area contributed by atoms with Gasteiger partial charge in [0.1, 0.15) is 5.69 Å². The zero-order valence-corrected chi connectivity index (χ0v) is 6.99. The second-order valence-electron chi connectivity index (χ2n) is 2.70. The molecule has 1 aromatic carbocycles. The van der Waals surface area contributed by atoms with E-state index in [4.69, 9.17) is 5.41 Å². The maximum absolute atomic E-state index is 7.80. The van der Waals surface area contributed by atoms with E-state index >= 15 is 0 Å². The zero-order valence-electron chi connectivity index (χ0n) is 6.99. The van der Waals surface area contributed by atoms with Crippen LogP contribution in [0.1, 0.15) is 11.3 Å². The standard InChI is InChI=1S/C10H9N3/c11-10(9-6-7-12-13-9)8-4-2-1-3-5-8/h1-7,11H,(H,12,13). The van der Waals surface area contributed by atoms with Crippen LogP contribution in [0.3, 0.4) is 0 Å². The van der Waals surface area contributed by atoms with Crippen molar-refractivity contribution in [1.29, 1.82) is 5.41 Å². The molecule has 0 radical (unpaired) electrons. The summed E-state index contributed by atoms with van der Waals surface area (Å²) in [5, 5.41) is 14.4. The number of aromatic nitrogens is 2. The summed E-state index contributed by atoms with van der Waals surface area (Å²) in [6, 6.07) is 11.3. The van der Waals surface area contributed by atoms with Gasteiger partial charge in [0.05, 0.1) is 5.71 Å². The molecule has 0 saturated heterocycles. The molecule has 13 heavy (non-hydrogen) atoms. The number of nitrogens with zero attached hydrogens (tertiary/aromatic N) is 1. The number of hydrogen-bond donors (Lipinski definition) is 2. The van der Waals surface area contributed by atoms with Gasteiger partial charge in [-0.2, -0.15) is 5.10 Å². The van der Waals surface area contributed by atoms with E-state index in [9.17, 15) is 0 Å². The fourth-order valence-corrected chi connectivity index (χ4v) is 1.15. The molecule has 1 aromatic heterocycles. The SMILES string of the molecule is N=C(c1ccccc1)c1cc[nH]n1. The molecule has 0 aliphatic rings. The topological polar surface area (TPSA) is 52.5 Å². The summed E-state index contributed by atoms with van der Waals surface area (Å²) in [6.07, 6.45) is 1.72. The van der Waals surface area contributed by atoms with Crippen molar-refractivity contribution in [2.45, 2.75) is 0 Å². The van der Waals surface area contributed by atoms with Gasteiger partial charge in [0.25, 0.3) is 0 Å². The average molecular weight is 171 g/mol. The largest absolute Gasteiger partial charge is 0.298 e. The highest BCUT2D eigenvalue weighted by atomic mass is 15.1. The third-order valence-electron chi connectivity index (χ3n) is 1.82. The maximum atomic E-state index is 7.80. The molecule has 0 spiro atoms. The molecule has 2 rings (SSSR count). The monoisotopic (exact) mass is 171 g/mol. The number of rotatable bonds is 2. The van der Waals surface area contributed by atoms with Crippen LogP contribution < -0.4 is 0 Å². The average Bonchev–Trinajstić information content (AvgIpc) is 2.71. The lowest BCUT2D eigenvalue weighted by molar-refractivity contribution is 1.08. The highest BCUT2D eigenvalue weighted by Gasteiger charge is 2.04. The van der Waals surface area contributed by atoms with Crippen LogP contribution in [0.25, 0.3) is 0 Å². The van der Waals surface area contributed by atoms with Crippen LogP contribution in [-0.2, 0) is 0 Å². The molecule has 1 heterocycles. The van der Waals surface area contributed by atoms with Crippen LogP contribution >= 0.6 is 0 Å². The van der Waals surface area contributed by atoms with Gasteiger partial charge in [-0.05, 0) is 6.07 Å². The van der Waals surface area contributed by atoms with Crippen molar-refractivity contribution in [3.05, 3.63) is 53.9 Å². The number of nitrogens with one attached hydrogen (secondary N) is 2. The van der Waals surface area contributed by atoms with Crippen molar-refractivity contribution in [3.63, 3.8) is 0 Å². The Balaban J connectivity index is 2.34. The summed E-state index contributed by atoms with van der Waals surface area (Å²) in [7, 11) is 0. The van der Waals surface area contributed by atoms with Gasteiger partial charge in [-0.25, -0.2) is 0 Å². The minimum absolute atomic E-state index is 0.446. The summed E-state index contributed by atoms with van der Waals surface area (Å²) in [6.45, 7) is 0. The van der Waals surface area contributed by atoms with Crippen molar-refractivity contribution < 1.29 is 0 Å². The second kappa shape index (κ2) is 3.23. The first-order valence-corrected chi connectivity index (χ1v) is 4.02. The third kappa shape index (κ3) is 1.49. The van der Waals surface area contributed by atoms with Gasteiger partial charge in [0, 0.05) is 11.8 Å². The molecule has 0 unspecified atom stereocenters.